The molecule has 4 heterocycles. The molecule has 0 saturated carbocycles. The van der Waals surface area contributed by atoms with Crippen LogP contribution in [0.3, 0.4) is 0 Å². The normalized spacial score (nSPS) is 17.3. The zero-order valence-electron chi connectivity index (χ0n) is 15.0. The molecule has 0 radical (unpaired) electrons. The van der Waals surface area contributed by atoms with Crippen LogP contribution < -0.4 is 0 Å². The van der Waals surface area contributed by atoms with Crippen molar-refractivity contribution in [3.8, 4) is 0 Å². The predicted molar refractivity (Wildman–Crippen MR) is 97.6 cm³/mol. The number of hydrogen-bond acceptors (Lipinski definition) is 5. The molecule has 7 nitrogen and oxygen atoms in total. The van der Waals surface area contributed by atoms with Gasteiger partial charge in [-0.05, 0) is 44.6 Å². The summed E-state index contributed by atoms with van der Waals surface area (Å²) >= 11 is 0. The second-order valence-corrected chi connectivity index (χ2v) is 6.93. The molecule has 7 heteroatoms. The van der Waals surface area contributed by atoms with Gasteiger partial charge >= 0.3 is 0 Å². The smallest absolute Gasteiger partial charge is 0.259 e. The van der Waals surface area contributed by atoms with Crippen molar-refractivity contribution in [1.29, 1.82) is 0 Å². The van der Waals surface area contributed by atoms with Crippen LogP contribution in [0.15, 0.2) is 43.0 Å². The number of amides is 1. The summed E-state index contributed by atoms with van der Waals surface area (Å²) in [7, 11) is 4.07. The van der Waals surface area contributed by atoms with Crippen LogP contribution in [0.25, 0.3) is 5.65 Å². The Morgan fingerprint density at radius 1 is 1.27 bits per heavy atom. The highest BCUT2D eigenvalue weighted by Gasteiger charge is 2.33. The fourth-order valence-electron chi connectivity index (χ4n) is 3.54. The van der Waals surface area contributed by atoms with Crippen molar-refractivity contribution in [2.45, 2.75) is 25.4 Å². The number of likely N-dealkylation sites (tertiary alicyclic amines) is 1. The Balaban J connectivity index is 1.59. The molecule has 3 aromatic heterocycles. The van der Waals surface area contributed by atoms with Crippen LogP contribution in [0.2, 0.25) is 0 Å². The Bertz CT molecular complexity index is 917. The van der Waals surface area contributed by atoms with Gasteiger partial charge in [0, 0.05) is 31.7 Å². The average molecular weight is 350 g/mol. The first kappa shape index (κ1) is 16.7. The molecule has 1 amide bonds. The Labute approximate surface area is 152 Å². The quantitative estimate of drug-likeness (QED) is 0.721. The van der Waals surface area contributed by atoms with Crippen molar-refractivity contribution < 1.29 is 4.79 Å². The van der Waals surface area contributed by atoms with Gasteiger partial charge in [0.05, 0.1) is 17.9 Å². The molecule has 0 spiro atoms. The number of carbonyl (C=O) groups is 1. The number of pyridine rings is 1. The molecule has 134 valence electrons. The molecule has 0 aliphatic carbocycles. The lowest BCUT2D eigenvalue weighted by atomic mass is 10.1. The van der Waals surface area contributed by atoms with Gasteiger partial charge in [0.15, 0.2) is 5.65 Å². The Morgan fingerprint density at radius 3 is 2.92 bits per heavy atom. The molecule has 0 unspecified atom stereocenters. The van der Waals surface area contributed by atoms with Crippen LogP contribution in [0.5, 0.6) is 0 Å². The van der Waals surface area contributed by atoms with Crippen LogP contribution in [-0.4, -0.2) is 55.9 Å². The lowest BCUT2D eigenvalue weighted by Gasteiger charge is -2.24. The first-order valence-corrected chi connectivity index (χ1v) is 8.82. The molecule has 26 heavy (non-hydrogen) atoms. The second kappa shape index (κ2) is 6.84. The van der Waals surface area contributed by atoms with Crippen molar-refractivity contribution in [2.75, 3.05) is 20.6 Å². The van der Waals surface area contributed by atoms with Crippen molar-refractivity contribution in [3.63, 3.8) is 0 Å². The third-order valence-corrected chi connectivity index (χ3v) is 4.71. The highest BCUT2D eigenvalue weighted by atomic mass is 16.2. The van der Waals surface area contributed by atoms with Gasteiger partial charge in [-0.2, -0.15) is 5.10 Å². The zero-order chi connectivity index (χ0) is 18.1. The molecule has 4 rings (SSSR count). The molecule has 1 aliphatic rings. The van der Waals surface area contributed by atoms with E-state index < -0.39 is 0 Å². The molecule has 0 bridgehead atoms. The van der Waals surface area contributed by atoms with Crippen LogP contribution in [0, 0.1) is 0 Å². The first-order valence-electron chi connectivity index (χ1n) is 8.82. The Morgan fingerprint density at radius 2 is 2.15 bits per heavy atom. The fourth-order valence-corrected chi connectivity index (χ4v) is 3.54. The van der Waals surface area contributed by atoms with Crippen molar-refractivity contribution in [1.82, 2.24) is 29.4 Å². The summed E-state index contributed by atoms with van der Waals surface area (Å²) in [5.41, 5.74) is 3.25. The maximum atomic E-state index is 13.1. The summed E-state index contributed by atoms with van der Waals surface area (Å²) in [5, 5.41) is 4.23. The monoisotopic (exact) mass is 350 g/mol. The molecule has 0 N–H and O–H groups in total. The molecule has 1 fully saturated rings. The van der Waals surface area contributed by atoms with Gasteiger partial charge in [0.1, 0.15) is 5.56 Å². The highest BCUT2D eigenvalue weighted by molar-refractivity contribution is 5.99. The second-order valence-electron chi connectivity index (χ2n) is 6.93. The van der Waals surface area contributed by atoms with E-state index in [1.165, 1.54) is 5.56 Å². The van der Waals surface area contributed by atoms with E-state index in [2.05, 4.69) is 26.0 Å². The lowest BCUT2D eigenvalue weighted by Crippen LogP contribution is -2.31. The number of nitrogens with zero attached hydrogens (tertiary/aromatic N) is 6. The van der Waals surface area contributed by atoms with Gasteiger partial charge in [-0.1, -0.05) is 6.07 Å². The molecular formula is C19H22N6O. The number of carbonyl (C=O) groups excluding carboxylic acids is 1. The van der Waals surface area contributed by atoms with E-state index >= 15 is 0 Å². The molecule has 1 atom stereocenters. The van der Waals surface area contributed by atoms with Crippen molar-refractivity contribution in [2.24, 2.45) is 0 Å². The number of fused-ring (bicyclic) bond motifs is 1. The molecular weight excluding hydrogens is 328 g/mol. The summed E-state index contributed by atoms with van der Waals surface area (Å²) in [6, 6.07) is 5.95. The van der Waals surface area contributed by atoms with Gasteiger partial charge in [0.2, 0.25) is 0 Å². The van der Waals surface area contributed by atoms with Crippen LogP contribution >= 0.6 is 0 Å². The van der Waals surface area contributed by atoms with Gasteiger partial charge < -0.3 is 9.80 Å². The molecule has 3 aromatic rings. The maximum Gasteiger partial charge on any atom is 0.259 e. The van der Waals surface area contributed by atoms with Crippen molar-refractivity contribution >= 4 is 11.6 Å². The minimum Gasteiger partial charge on any atom is -0.330 e. The molecule has 0 aromatic carbocycles. The summed E-state index contributed by atoms with van der Waals surface area (Å²) in [6.45, 7) is 1.59. The Kier molecular flexibility index (Phi) is 4.38. The van der Waals surface area contributed by atoms with Gasteiger partial charge in [-0.25, -0.2) is 9.50 Å². The topological polar surface area (TPSA) is 66.6 Å². The standard InChI is InChI=1S/C19H22N6O/c1-23(2)13-14-6-7-16(21-11-14)17-5-3-9-24(17)19(26)15-12-22-25-10-4-8-20-18(15)25/h4,6-8,10-12,17H,3,5,9,13H2,1-2H3/t17-/m0/s1. The fraction of sp³-hybridized carbons (Fsp3) is 0.368. The van der Waals surface area contributed by atoms with E-state index in [0.717, 1.165) is 31.6 Å². The van der Waals surface area contributed by atoms with E-state index in [1.807, 2.05) is 31.3 Å². The highest BCUT2D eigenvalue weighted by Crippen LogP contribution is 2.32. The Hall–Kier alpha value is -2.80. The van der Waals surface area contributed by atoms with E-state index in [0.29, 0.717) is 11.2 Å². The third kappa shape index (κ3) is 3.06. The van der Waals surface area contributed by atoms with Gasteiger partial charge in [0.25, 0.3) is 5.91 Å². The van der Waals surface area contributed by atoms with Crippen LogP contribution in [-0.2, 0) is 6.54 Å². The maximum absolute atomic E-state index is 13.1. The largest absolute Gasteiger partial charge is 0.330 e. The van der Waals surface area contributed by atoms with Gasteiger partial charge in [-0.3, -0.25) is 9.78 Å². The summed E-state index contributed by atoms with van der Waals surface area (Å²) < 4.78 is 1.63. The zero-order valence-corrected chi connectivity index (χ0v) is 15.0. The number of rotatable bonds is 4. The first-order chi connectivity index (χ1) is 12.6. The van der Waals surface area contributed by atoms with E-state index in [1.54, 1.807) is 29.2 Å². The summed E-state index contributed by atoms with van der Waals surface area (Å²) in [4.78, 5) is 26.1. The number of hydrogen-bond donors (Lipinski definition) is 0. The molecule has 1 saturated heterocycles. The van der Waals surface area contributed by atoms with Crippen molar-refractivity contribution in [3.05, 3.63) is 59.8 Å². The van der Waals surface area contributed by atoms with Crippen LogP contribution in [0.4, 0.5) is 0 Å². The number of aromatic nitrogens is 4. The third-order valence-electron chi connectivity index (χ3n) is 4.71. The summed E-state index contributed by atoms with van der Waals surface area (Å²) in [6.07, 6.45) is 8.90. The average Bonchev–Trinajstić information content (AvgIpc) is 3.28. The predicted octanol–water partition coefficient (Wildman–Crippen LogP) is 2.16. The molecule has 1 aliphatic heterocycles. The minimum atomic E-state index is -0.0274. The SMILES string of the molecule is CN(C)Cc1ccc([C@@H]2CCCN2C(=O)c2cnn3cccnc23)nc1. The van der Waals surface area contributed by atoms with E-state index in [-0.39, 0.29) is 11.9 Å². The lowest BCUT2D eigenvalue weighted by molar-refractivity contribution is 0.0734. The minimum absolute atomic E-state index is 0.00886. The van der Waals surface area contributed by atoms with E-state index in [4.69, 9.17) is 0 Å². The summed E-state index contributed by atoms with van der Waals surface area (Å²) in [5.74, 6) is -0.0274. The van der Waals surface area contributed by atoms with Crippen LogP contribution in [0.1, 0.15) is 40.5 Å². The van der Waals surface area contributed by atoms with Gasteiger partial charge in [-0.15, -0.1) is 0 Å². The van der Waals surface area contributed by atoms with E-state index in [9.17, 15) is 4.79 Å².